The standard InChI is InChI=1S/C18H23N3OS2/c1-4-5-16-15(12-20-18(21-16)24-3)17(22)19-11-10-13-6-8-14(23-2)9-7-13/h6-9,12H,4-5,10-11H2,1-3H3,(H,19,22). The summed E-state index contributed by atoms with van der Waals surface area (Å²) in [5.41, 5.74) is 2.64. The van der Waals surface area contributed by atoms with Crippen molar-refractivity contribution in [2.75, 3.05) is 19.1 Å². The van der Waals surface area contributed by atoms with Gasteiger partial charge in [0.15, 0.2) is 5.16 Å². The maximum Gasteiger partial charge on any atom is 0.254 e. The summed E-state index contributed by atoms with van der Waals surface area (Å²) in [5, 5.41) is 3.69. The van der Waals surface area contributed by atoms with E-state index >= 15 is 0 Å². The molecule has 0 aliphatic rings. The number of benzene rings is 1. The van der Waals surface area contributed by atoms with E-state index in [0.717, 1.165) is 25.0 Å². The third kappa shape index (κ3) is 5.24. The van der Waals surface area contributed by atoms with E-state index in [9.17, 15) is 4.79 Å². The first kappa shape index (κ1) is 18.8. The second kappa shape index (κ2) is 9.69. The van der Waals surface area contributed by atoms with Crippen molar-refractivity contribution in [1.82, 2.24) is 15.3 Å². The molecule has 1 heterocycles. The topological polar surface area (TPSA) is 54.9 Å². The SMILES string of the molecule is CCCc1nc(SC)ncc1C(=O)NCCc1ccc(SC)cc1. The van der Waals surface area contributed by atoms with Crippen LogP contribution in [0.2, 0.25) is 0 Å². The highest BCUT2D eigenvalue weighted by molar-refractivity contribution is 7.98. The van der Waals surface area contributed by atoms with Gasteiger partial charge in [0.1, 0.15) is 0 Å². The predicted octanol–water partition coefficient (Wildman–Crippen LogP) is 3.85. The van der Waals surface area contributed by atoms with Crippen LogP contribution in [0.4, 0.5) is 0 Å². The van der Waals surface area contributed by atoms with E-state index in [1.54, 1.807) is 18.0 Å². The molecule has 0 fully saturated rings. The van der Waals surface area contributed by atoms with Gasteiger partial charge in [0.05, 0.1) is 11.3 Å². The van der Waals surface area contributed by atoms with E-state index in [2.05, 4.69) is 52.7 Å². The summed E-state index contributed by atoms with van der Waals surface area (Å²) >= 11 is 3.22. The Morgan fingerprint density at radius 1 is 1.12 bits per heavy atom. The Hall–Kier alpha value is -1.53. The van der Waals surface area contributed by atoms with E-state index in [4.69, 9.17) is 0 Å². The summed E-state index contributed by atoms with van der Waals surface area (Å²) in [7, 11) is 0. The van der Waals surface area contributed by atoms with Crippen LogP contribution in [0.15, 0.2) is 40.5 Å². The lowest BCUT2D eigenvalue weighted by atomic mass is 10.1. The van der Waals surface area contributed by atoms with Crippen LogP contribution in [0.5, 0.6) is 0 Å². The first-order chi connectivity index (χ1) is 11.7. The monoisotopic (exact) mass is 361 g/mol. The Balaban J connectivity index is 1.96. The lowest BCUT2D eigenvalue weighted by Gasteiger charge is -2.10. The summed E-state index contributed by atoms with van der Waals surface area (Å²) in [5.74, 6) is -0.0909. The number of nitrogens with one attached hydrogen (secondary N) is 1. The zero-order valence-corrected chi connectivity index (χ0v) is 16.0. The molecule has 1 aromatic carbocycles. The van der Waals surface area contributed by atoms with Gasteiger partial charge in [0, 0.05) is 17.6 Å². The molecule has 0 radical (unpaired) electrons. The molecule has 0 aliphatic heterocycles. The average Bonchev–Trinajstić information content (AvgIpc) is 2.62. The molecule has 0 aliphatic carbocycles. The number of amides is 1. The molecule has 0 saturated heterocycles. The van der Waals surface area contributed by atoms with Gasteiger partial charge >= 0.3 is 0 Å². The van der Waals surface area contributed by atoms with Crippen LogP contribution < -0.4 is 5.32 Å². The van der Waals surface area contributed by atoms with Crippen molar-refractivity contribution in [3.63, 3.8) is 0 Å². The van der Waals surface area contributed by atoms with E-state index in [1.807, 2.05) is 6.26 Å². The molecular formula is C18H23N3OS2. The van der Waals surface area contributed by atoms with Crippen LogP contribution in [-0.2, 0) is 12.8 Å². The molecule has 0 bridgehead atoms. The van der Waals surface area contributed by atoms with Crippen molar-refractivity contribution in [2.45, 2.75) is 36.2 Å². The number of carbonyl (C=O) groups is 1. The van der Waals surface area contributed by atoms with Crippen LogP contribution in [0.25, 0.3) is 0 Å². The summed E-state index contributed by atoms with van der Waals surface area (Å²) in [4.78, 5) is 22.4. The summed E-state index contributed by atoms with van der Waals surface area (Å²) in [6.45, 7) is 2.69. The van der Waals surface area contributed by atoms with Gasteiger partial charge in [-0.1, -0.05) is 37.2 Å². The first-order valence-electron chi connectivity index (χ1n) is 7.99. The highest BCUT2D eigenvalue weighted by Crippen LogP contribution is 2.15. The Bertz CT molecular complexity index is 674. The smallest absolute Gasteiger partial charge is 0.254 e. The molecular weight excluding hydrogens is 338 g/mol. The molecule has 1 aromatic heterocycles. The second-order valence-corrected chi connectivity index (χ2v) is 6.97. The van der Waals surface area contributed by atoms with Gasteiger partial charge in [-0.15, -0.1) is 11.8 Å². The highest BCUT2D eigenvalue weighted by Gasteiger charge is 2.13. The highest BCUT2D eigenvalue weighted by atomic mass is 32.2. The van der Waals surface area contributed by atoms with Crippen molar-refractivity contribution in [1.29, 1.82) is 0 Å². The summed E-state index contributed by atoms with van der Waals surface area (Å²) in [6, 6.07) is 8.43. The number of rotatable bonds is 8. The number of hydrogen-bond donors (Lipinski definition) is 1. The van der Waals surface area contributed by atoms with Gasteiger partial charge in [-0.3, -0.25) is 4.79 Å². The van der Waals surface area contributed by atoms with Crippen LogP contribution in [0, 0.1) is 0 Å². The van der Waals surface area contributed by atoms with Crippen molar-refractivity contribution in [3.05, 3.63) is 47.3 Å². The second-order valence-electron chi connectivity index (χ2n) is 5.32. The normalized spacial score (nSPS) is 10.6. The van der Waals surface area contributed by atoms with Crippen molar-refractivity contribution >= 4 is 29.4 Å². The van der Waals surface area contributed by atoms with Crippen molar-refractivity contribution < 1.29 is 4.79 Å². The Morgan fingerprint density at radius 2 is 1.88 bits per heavy atom. The van der Waals surface area contributed by atoms with E-state index < -0.39 is 0 Å². The first-order valence-corrected chi connectivity index (χ1v) is 10.4. The van der Waals surface area contributed by atoms with Crippen molar-refractivity contribution in [3.8, 4) is 0 Å². The van der Waals surface area contributed by atoms with Gasteiger partial charge in [-0.25, -0.2) is 9.97 Å². The molecule has 0 unspecified atom stereocenters. The molecule has 0 spiro atoms. The van der Waals surface area contributed by atoms with Crippen LogP contribution in [0.1, 0.15) is 35.0 Å². The molecule has 0 saturated carbocycles. The Kier molecular flexibility index (Phi) is 7.59. The van der Waals surface area contributed by atoms with E-state index in [-0.39, 0.29) is 5.91 Å². The third-order valence-electron chi connectivity index (χ3n) is 3.62. The third-order valence-corrected chi connectivity index (χ3v) is 4.92. The van der Waals surface area contributed by atoms with Gasteiger partial charge < -0.3 is 5.32 Å². The quantitative estimate of drug-likeness (QED) is 0.572. The zero-order valence-electron chi connectivity index (χ0n) is 14.3. The molecule has 2 aromatic rings. The lowest BCUT2D eigenvalue weighted by molar-refractivity contribution is 0.0952. The van der Waals surface area contributed by atoms with Crippen molar-refractivity contribution in [2.24, 2.45) is 0 Å². The molecule has 1 N–H and O–H groups in total. The maximum atomic E-state index is 12.4. The van der Waals surface area contributed by atoms with E-state index in [0.29, 0.717) is 17.3 Å². The summed E-state index contributed by atoms with van der Waals surface area (Å²) in [6.07, 6.45) is 8.20. The molecule has 1 amide bonds. The lowest BCUT2D eigenvalue weighted by Crippen LogP contribution is -2.27. The van der Waals surface area contributed by atoms with Gasteiger partial charge in [-0.2, -0.15) is 0 Å². The molecule has 6 heteroatoms. The van der Waals surface area contributed by atoms with Crippen LogP contribution >= 0.6 is 23.5 Å². The predicted molar refractivity (Wildman–Crippen MR) is 102 cm³/mol. The fraction of sp³-hybridized carbons (Fsp3) is 0.389. The molecule has 4 nitrogen and oxygen atoms in total. The fourth-order valence-electron chi connectivity index (χ4n) is 2.32. The van der Waals surface area contributed by atoms with E-state index in [1.165, 1.54) is 22.2 Å². The van der Waals surface area contributed by atoms with Crippen LogP contribution in [0.3, 0.4) is 0 Å². The minimum atomic E-state index is -0.0909. The Morgan fingerprint density at radius 3 is 2.50 bits per heavy atom. The molecule has 2 rings (SSSR count). The number of nitrogens with zero attached hydrogens (tertiary/aromatic N) is 2. The number of carbonyl (C=O) groups excluding carboxylic acids is 1. The van der Waals surface area contributed by atoms with Gasteiger partial charge in [-0.05, 0) is 43.0 Å². The molecule has 24 heavy (non-hydrogen) atoms. The zero-order chi connectivity index (χ0) is 17.4. The largest absolute Gasteiger partial charge is 0.352 e. The number of thioether (sulfide) groups is 2. The number of aryl methyl sites for hydroxylation is 1. The minimum Gasteiger partial charge on any atom is -0.352 e. The minimum absolute atomic E-state index is 0.0909. The Labute approximate surface area is 152 Å². The molecule has 0 atom stereocenters. The van der Waals surface area contributed by atoms with Crippen LogP contribution in [-0.4, -0.2) is 34.9 Å². The number of aromatic nitrogens is 2. The fourth-order valence-corrected chi connectivity index (χ4v) is 3.09. The average molecular weight is 362 g/mol. The molecule has 128 valence electrons. The van der Waals surface area contributed by atoms with Gasteiger partial charge in [0.2, 0.25) is 0 Å². The van der Waals surface area contributed by atoms with Gasteiger partial charge in [0.25, 0.3) is 5.91 Å². The maximum absolute atomic E-state index is 12.4. The summed E-state index contributed by atoms with van der Waals surface area (Å²) < 4.78 is 0. The number of hydrogen-bond acceptors (Lipinski definition) is 5.